The van der Waals surface area contributed by atoms with Crippen molar-refractivity contribution in [1.82, 2.24) is 9.88 Å². The lowest BCUT2D eigenvalue weighted by Gasteiger charge is -2.26. The number of aryl methyl sites for hydroxylation is 1. The van der Waals surface area contributed by atoms with Gasteiger partial charge in [0.05, 0.1) is 0 Å². The van der Waals surface area contributed by atoms with E-state index in [2.05, 4.69) is 4.98 Å². The first-order chi connectivity index (χ1) is 13.9. The second-order valence-electron chi connectivity index (χ2n) is 7.08. The van der Waals surface area contributed by atoms with Crippen LogP contribution in [0.25, 0.3) is 10.6 Å². The van der Waals surface area contributed by atoms with Crippen LogP contribution in [0.2, 0.25) is 0 Å². The Labute approximate surface area is 175 Å². The first-order valence-electron chi connectivity index (χ1n) is 9.47. The molecule has 150 valence electrons. The van der Waals surface area contributed by atoms with Crippen LogP contribution in [0.1, 0.15) is 35.5 Å². The second kappa shape index (κ2) is 9.47. The van der Waals surface area contributed by atoms with E-state index in [0.29, 0.717) is 6.54 Å². The highest BCUT2D eigenvalue weighted by molar-refractivity contribution is 7.13. The summed E-state index contributed by atoms with van der Waals surface area (Å²) in [7, 11) is 0. The van der Waals surface area contributed by atoms with Crippen molar-refractivity contribution < 1.29 is 14.3 Å². The molecule has 0 aliphatic carbocycles. The van der Waals surface area contributed by atoms with Gasteiger partial charge >= 0.3 is 5.97 Å². The highest BCUT2D eigenvalue weighted by atomic mass is 32.1. The molecule has 0 N–H and O–H groups in total. The molecule has 0 radical (unpaired) electrons. The lowest BCUT2D eigenvalue weighted by molar-refractivity contribution is -0.136. The van der Waals surface area contributed by atoms with Gasteiger partial charge in [0.1, 0.15) is 5.01 Å². The van der Waals surface area contributed by atoms with Crippen LogP contribution in [-0.4, -0.2) is 34.4 Å². The Bertz CT molecular complexity index is 965. The summed E-state index contributed by atoms with van der Waals surface area (Å²) in [4.78, 5) is 31.0. The zero-order valence-corrected chi connectivity index (χ0v) is 17.6. The molecule has 0 fully saturated rings. The summed E-state index contributed by atoms with van der Waals surface area (Å²) in [6, 6.07) is 17.7. The fourth-order valence-electron chi connectivity index (χ4n) is 2.82. The van der Waals surface area contributed by atoms with Crippen molar-refractivity contribution in [1.29, 1.82) is 0 Å². The second-order valence-corrected chi connectivity index (χ2v) is 7.94. The minimum atomic E-state index is -0.587. The van der Waals surface area contributed by atoms with E-state index in [-0.39, 0.29) is 24.2 Å². The van der Waals surface area contributed by atoms with Crippen molar-refractivity contribution in [3.05, 3.63) is 76.8 Å². The fourth-order valence-corrected chi connectivity index (χ4v) is 3.61. The van der Waals surface area contributed by atoms with Crippen LogP contribution < -0.4 is 0 Å². The van der Waals surface area contributed by atoms with Gasteiger partial charge in [0, 0.05) is 23.5 Å². The molecule has 0 saturated carbocycles. The molecule has 0 aliphatic heterocycles. The van der Waals surface area contributed by atoms with Gasteiger partial charge in [-0.25, -0.2) is 9.78 Å². The third-order valence-electron chi connectivity index (χ3n) is 4.48. The van der Waals surface area contributed by atoms with Crippen molar-refractivity contribution in [3.8, 4) is 10.6 Å². The van der Waals surface area contributed by atoms with E-state index >= 15 is 0 Å². The Morgan fingerprint density at radius 1 is 1.07 bits per heavy atom. The molecule has 3 rings (SSSR count). The van der Waals surface area contributed by atoms with Gasteiger partial charge in [0.15, 0.2) is 12.3 Å². The Balaban J connectivity index is 1.60. The number of aromatic nitrogens is 1. The number of esters is 1. The Morgan fingerprint density at radius 2 is 1.76 bits per heavy atom. The molecular weight excluding hydrogens is 384 g/mol. The normalized spacial score (nSPS) is 10.8. The van der Waals surface area contributed by atoms with Crippen molar-refractivity contribution in [3.63, 3.8) is 0 Å². The minimum absolute atomic E-state index is 0.00572. The molecule has 0 saturated heterocycles. The van der Waals surface area contributed by atoms with Crippen LogP contribution in [0.15, 0.2) is 60.0 Å². The first kappa shape index (κ1) is 20.7. The number of carbonyl (C=O) groups is 2. The molecule has 0 bridgehead atoms. The zero-order valence-electron chi connectivity index (χ0n) is 16.8. The summed E-state index contributed by atoms with van der Waals surface area (Å²) in [6.07, 6.45) is 0. The third kappa shape index (κ3) is 5.51. The topological polar surface area (TPSA) is 59.5 Å². The van der Waals surface area contributed by atoms with Gasteiger partial charge in [-0.1, -0.05) is 60.2 Å². The van der Waals surface area contributed by atoms with Crippen molar-refractivity contribution >= 4 is 23.2 Å². The molecule has 0 spiro atoms. The van der Waals surface area contributed by atoms with E-state index < -0.39 is 5.97 Å². The van der Waals surface area contributed by atoms with Crippen LogP contribution in [-0.2, 0) is 16.1 Å². The molecular formula is C23H24N2O3S. The molecule has 0 aliphatic rings. The average molecular weight is 409 g/mol. The highest BCUT2D eigenvalue weighted by Crippen LogP contribution is 2.24. The van der Waals surface area contributed by atoms with Crippen molar-refractivity contribution in [2.75, 3.05) is 6.61 Å². The summed E-state index contributed by atoms with van der Waals surface area (Å²) in [5.74, 6) is -0.817. The number of carbonyl (C=O) groups excluding carboxylic acids is 2. The number of thiazole rings is 1. The summed E-state index contributed by atoms with van der Waals surface area (Å²) >= 11 is 1.38. The largest absolute Gasteiger partial charge is 0.451 e. The lowest BCUT2D eigenvalue weighted by Crippen LogP contribution is -2.39. The van der Waals surface area contributed by atoms with E-state index in [1.54, 1.807) is 10.3 Å². The van der Waals surface area contributed by atoms with E-state index in [1.165, 1.54) is 11.3 Å². The van der Waals surface area contributed by atoms with Crippen LogP contribution in [0, 0.1) is 6.92 Å². The third-order valence-corrected chi connectivity index (χ3v) is 5.37. The molecule has 3 aromatic rings. The van der Waals surface area contributed by atoms with E-state index in [9.17, 15) is 9.59 Å². The number of hydrogen-bond acceptors (Lipinski definition) is 5. The molecule has 29 heavy (non-hydrogen) atoms. The molecule has 0 atom stereocenters. The van der Waals surface area contributed by atoms with E-state index in [0.717, 1.165) is 21.7 Å². The van der Waals surface area contributed by atoms with Crippen LogP contribution in [0.4, 0.5) is 0 Å². The summed E-state index contributed by atoms with van der Waals surface area (Å²) in [5, 5.41) is 2.41. The maximum atomic E-state index is 12.6. The van der Waals surface area contributed by atoms with Gasteiger partial charge < -0.3 is 9.64 Å². The van der Waals surface area contributed by atoms with E-state index in [1.807, 2.05) is 75.4 Å². The Morgan fingerprint density at radius 3 is 2.41 bits per heavy atom. The Kier molecular flexibility index (Phi) is 6.77. The van der Waals surface area contributed by atoms with Gasteiger partial charge in [-0.2, -0.15) is 0 Å². The van der Waals surface area contributed by atoms with E-state index in [4.69, 9.17) is 4.74 Å². The number of amides is 1. The molecule has 1 amide bonds. The smallest absolute Gasteiger partial charge is 0.358 e. The van der Waals surface area contributed by atoms with Gasteiger partial charge in [0.25, 0.3) is 5.91 Å². The quantitative estimate of drug-likeness (QED) is 0.531. The molecule has 1 aromatic heterocycles. The zero-order chi connectivity index (χ0) is 20.8. The standard InChI is InChI=1S/C23H24N2O3S/c1-16(2)25(13-18-7-5-4-6-8-18)21(26)14-28-23(27)20-15-29-22(24-20)19-11-9-17(3)10-12-19/h4-12,15-16H,13-14H2,1-3H3. The SMILES string of the molecule is Cc1ccc(-c2nc(C(=O)OCC(=O)N(Cc3ccccc3)C(C)C)cs2)cc1. The van der Waals surface area contributed by atoms with Crippen molar-refractivity contribution in [2.45, 2.75) is 33.4 Å². The monoisotopic (exact) mass is 408 g/mol. The molecule has 2 aromatic carbocycles. The maximum Gasteiger partial charge on any atom is 0.358 e. The molecule has 0 unspecified atom stereocenters. The first-order valence-corrected chi connectivity index (χ1v) is 10.3. The van der Waals surface area contributed by atoms with Crippen LogP contribution in [0.3, 0.4) is 0 Å². The number of rotatable bonds is 7. The van der Waals surface area contributed by atoms with Gasteiger partial charge in [-0.15, -0.1) is 11.3 Å². The van der Waals surface area contributed by atoms with Crippen molar-refractivity contribution in [2.24, 2.45) is 0 Å². The number of benzene rings is 2. The maximum absolute atomic E-state index is 12.6. The summed E-state index contributed by atoms with van der Waals surface area (Å²) < 4.78 is 5.24. The number of hydrogen-bond donors (Lipinski definition) is 0. The fraction of sp³-hybridized carbons (Fsp3) is 0.261. The lowest BCUT2D eigenvalue weighted by atomic mass is 10.2. The number of ether oxygens (including phenoxy) is 1. The summed E-state index contributed by atoms with van der Waals surface area (Å²) in [5.41, 5.74) is 3.36. The van der Waals surface area contributed by atoms with Crippen LogP contribution >= 0.6 is 11.3 Å². The molecule has 1 heterocycles. The highest BCUT2D eigenvalue weighted by Gasteiger charge is 2.20. The van der Waals surface area contributed by atoms with Gasteiger partial charge in [-0.3, -0.25) is 4.79 Å². The minimum Gasteiger partial charge on any atom is -0.451 e. The predicted molar refractivity (Wildman–Crippen MR) is 115 cm³/mol. The molecule has 5 nitrogen and oxygen atoms in total. The van der Waals surface area contributed by atoms with Gasteiger partial charge in [-0.05, 0) is 26.3 Å². The summed E-state index contributed by atoms with van der Waals surface area (Å²) in [6.45, 7) is 6.07. The average Bonchev–Trinajstić information content (AvgIpc) is 3.21. The Hall–Kier alpha value is -2.99. The van der Waals surface area contributed by atoms with Gasteiger partial charge in [0.2, 0.25) is 0 Å². The predicted octanol–water partition coefficient (Wildman–Crippen LogP) is 4.71. The van der Waals surface area contributed by atoms with Crippen LogP contribution in [0.5, 0.6) is 0 Å². The number of nitrogens with zero attached hydrogens (tertiary/aromatic N) is 2. The molecule has 6 heteroatoms.